The van der Waals surface area contributed by atoms with E-state index in [2.05, 4.69) is 0 Å². The Morgan fingerprint density at radius 1 is 0.294 bits per heavy atom. The van der Waals surface area contributed by atoms with Crippen molar-refractivity contribution in [3.05, 3.63) is 0 Å². The lowest BCUT2D eigenvalue weighted by molar-refractivity contribution is -0.351. The summed E-state index contributed by atoms with van der Waals surface area (Å²) in [6, 6.07) is 0. The minimum Gasteiger partial charge on any atom is -0.387 e. The lowest BCUT2D eigenvalue weighted by Crippen LogP contribution is -2.63. The number of ether oxygens (including phenoxy) is 12. The maximum atomic E-state index is 11.2. The monoisotopic (exact) mass is 1000 g/mol. The van der Waals surface area contributed by atoms with Gasteiger partial charge in [0.15, 0.2) is 44.0 Å². The van der Waals surface area contributed by atoms with Crippen LogP contribution in [0.3, 0.4) is 0 Å². The summed E-state index contributed by atoms with van der Waals surface area (Å²) in [5, 5.41) is 188. The third-order valence-electron chi connectivity index (χ3n) is 12.4. The van der Waals surface area contributed by atoms with E-state index in [1.165, 1.54) is 0 Å². The Labute approximate surface area is 384 Å². The summed E-state index contributed by atoms with van der Waals surface area (Å²) in [5.41, 5.74) is 0. The topological polar surface area (TPSA) is 492 Å². The normalized spacial score (nSPS) is 52.7. The second kappa shape index (κ2) is 24.0. The number of hydrogen-bond acceptors (Lipinski definition) is 31. The molecule has 68 heavy (non-hydrogen) atoms. The number of carbonyl (C=O) groups is 1. The third kappa shape index (κ3) is 11.9. The van der Waals surface area contributed by atoms with Crippen LogP contribution in [0.1, 0.15) is 0 Å². The molecule has 0 aliphatic carbocycles. The van der Waals surface area contributed by atoms with E-state index in [0.717, 1.165) is 7.11 Å². The SMILES string of the molecule is COC1OC(CO[C@@H]2O[C@H](COC3OC(CO[C@@H]4O[C@H](COC5OC(CO[C@@H]6O[C@H](C=O)C(O)[C@H](O)C6O)[C@@H](O)C(O)[C@H]5O)C(O)[C@H](O)C4O)[C@@H](O)C(O)[C@H]3O)C(O)[C@H](O)C2O)[C@@H](O)C(O)[C@H]1O. The van der Waals surface area contributed by atoms with Crippen molar-refractivity contribution in [3.8, 4) is 0 Å². The number of carbonyl (C=O) groups excluding carboxylic acids is 1. The average molecular weight is 1000 g/mol. The minimum atomic E-state index is -2.01. The highest BCUT2D eigenvalue weighted by atomic mass is 16.8. The zero-order chi connectivity index (χ0) is 50.0. The molecule has 0 spiro atoms. The lowest BCUT2D eigenvalue weighted by atomic mass is 9.97. The molecule has 31 nitrogen and oxygen atoms in total. The summed E-state index contributed by atoms with van der Waals surface area (Å²) in [5.74, 6) is 0. The lowest BCUT2D eigenvalue weighted by Gasteiger charge is -2.44. The first kappa shape index (κ1) is 55.8. The van der Waals surface area contributed by atoms with Gasteiger partial charge in [0.1, 0.15) is 146 Å². The largest absolute Gasteiger partial charge is 0.387 e. The summed E-state index contributed by atoms with van der Waals surface area (Å²) in [7, 11) is 1.16. The Hall–Kier alpha value is -1.53. The van der Waals surface area contributed by atoms with E-state index in [0.29, 0.717) is 0 Å². The predicted octanol–water partition coefficient (Wildman–Crippen LogP) is -13.2. The zero-order valence-electron chi connectivity index (χ0n) is 35.8. The fourth-order valence-corrected chi connectivity index (χ4v) is 8.09. The maximum Gasteiger partial charge on any atom is 0.187 e. The number of hydrogen-bond donors (Lipinski definition) is 18. The highest BCUT2D eigenvalue weighted by Gasteiger charge is 2.52. The van der Waals surface area contributed by atoms with Gasteiger partial charge < -0.3 is 154 Å². The molecule has 30 atom stereocenters. The van der Waals surface area contributed by atoms with Gasteiger partial charge in [0.05, 0.1) is 33.0 Å². The van der Waals surface area contributed by atoms with Crippen LogP contribution in [0.15, 0.2) is 0 Å². The summed E-state index contributed by atoms with van der Waals surface area (Å²) < 4.78 is 65.1. The minimum absolute atomic E-state index is 0.150. The Kier molecular flexibility index (Phi) is 19.7. The van der Waals surface area contributed by atoms with Crippen molar-refractivity contribution in [2.75, 3.05) is 40.1 Å². The van der Waals surface area contributed by atoms with Crippen molar-refractivity contribution in [3.63, 3.8) is 0 Å². The molecule has 396 valence electrons. The van der Waals surface area contributed by atoms with Gasteiger partial charge in [-0.3, -0.25) is 0 Å². The second-order valence-electron chi connectivity index (χ2n) is 17.1. The van der Waals surface area contributed by atoms with E-state index >= 15 is 0 Å². The molecule has 0 aromatic rings. The van der Waals surface area contributed by atoms with E-state index in [9.17, 15) is 96.7 Å². The quantitative estimate of drug-likeness (QED) is 0.0602. The van der Waals surface area contributed by atoms with Crippen molar-refractivity contribution >= 4 is 6.29 Å². The molecule has 31 heteroatoms. The van der Waals surface area contributed by atoms with Crippen molar-refractivity contribution in [1.29, 1.82) is 0 Å². The van der Waals surface area contributed by atoms with Gasteiger partial charge >= 0.3 is 0 Å². The van der Waals surface area contributed by atoms with Gasteiger partial charge in [-0.15, -0.1) is 0 Å². The Morgan fingerprint density at radius 2 is 0.500 bits per heavy atom. The standard InChI is InChI=1S/C37H62O31/c1-57-32-26(51)21(46)15(40)9(64-32)3-59-34-28(53)23(48)17(42)11(66-34)5-61-36-30(55)25(50)19(44)13(68-36)7-62-37-31(56)24(49)18(43)12(67-37)6-60-35-29(54)22(47)16(41)10(65-35)4-58-33-27(52)20(45)14(39)8(2-38)63-33/h2,8-37,39-56H,3-7H2,1H3/t8-,9?,10?,11-,12-,13?,14?,15-,16-,17?,18?,19-,20+,21?,22?,23+,24+,25?,26-,27?,28?,29-,30-,31?,32?,33-,34-,35?,36?,37-/m1/s1. The molecule has 0 aromatic carbocycles. The summed E-state index contributed by atoms with van der Waals surface area (Å²) >= 11 is 0. The Balaban J connectivity index is 1.01. The van der Waals surface area contributed by atoms with Crippen LogP contribution in [0.25, 0.3) is 0 Å². The Morgan fingerprint density at radius 3 is 0.735 bits per heavy atom. The molecule has 6 fully saturated rings. The molecular formula is C37H62O31. The van der Waals surface area contributed by atoms with E-state index < -0.39 is 217 Å². The van der Waals surface area contributed by atoms with Gasteiger partial charge in [-0.1, -0.05) is 0 Å². The van der Waals surface area contributed by atoms with Crippen molar-refractivity contribution < 1.29 is 154 Å². The van der Waals surface area contributed by atoms with Crippen LogP contribution in [0.2, 0.25) is 0 Å². The first-order valence-electron chi connectivity index (χ1n) is 21.4. The highest BCUT2D eigenvalue weighted by Crippen LogP contribution is 2.31. The van der Waals surface area contributed by atoms with Gasteiger partial charge in [-0.05, 0) is 0 Å². The molecule has 18 N–H and O–H groups in total. The smallest absolute Gasteiger partial charge is 0.187 e. The van der Waals surface area contributed by atoms with E-state index in [1.807, 2.05) is 0 Å². The van der Waals surface area contributed by atoms with Crippen molar-refractivity contribution in [2.45, 2.75) is 184 Å². The molecular weight excluding hydrogens is 940 g/mol. The first-order valence-corrected chi connectivity index (χ1v) is 21.4. The zero-order valence-corrected chi connectivity index (χ0v) is 35.8. The van der Waals surface area contributed by atoms with Crippen LogP contribution >= 0.6 is 0 Å². The maximum absolute atomic E-state index is 11.2. The van der Waals surface area contributed by atoms with Gasteiger partial charge in [0.2, 0.25) is 0 Å². The van der Waals surface area contributed by atoms with E-state index in [-0.39, 0.29) is 6.29 Å². The van der Waals surface area contributed by atoms with Crippen LogP contribution in [-0.4, -0.2) is 323 Å². The number of methoxy groups -OCH3 is 1. The summed E-state index contributed by atoms with van der Waals surface area (Å²) in [6.07, 6.45) is -53.4. The van der Waals surface area contributed by atoms with E-state index in [4.69, 9.17) is 56.8 Å². The highest BCUT2D eigenvalue weighted by molar-refractivity contribution is 5.57. The molecule has 0 radical (unpaired) electrons. The molecule has 6 aliphatic rings. The summed E-state index contributed by atoms with van der Waals surface area (Å²) in [4.78, 5) is 11.2. The molecule has 0 saturated carbocycles. The average Bonchev–Trinajstić information content (AvgIpc) is 3.33. The predicted molar refractivity (Wildman–Crippen MR) is 203 cm³/mol. The van der Waals surface area contributed by atoms with Crippen molar-refractivity contribution in [1.82, 2.24) is 0 Å². The van der Waals surface area contributed by atoms with E-state index in [1.54, 1.807) is 0 Å². The Bertz CT molecular complexity index is 1560. The first-order chi connectivity index (χ1) is 32.1. The van der Waals surface area contributed by atoms with Crippen LogP contribution in [0, 0.1) is 0 Å². The van der Waals surface area contributed by atoms with Gasteiger partial charge in [-0.2, -0.15) is 0 Å². The van der Waals surface area contributed by atoms with Crippen molar-refractivity contribution in [2.24, 2.45) is 0 Å². The number of aliphatic hydroxyl groups is 18. The van der Waals surface area contributed by atoms with Gasteiger partial charge in [-0.25, -0.2) is 0 Å². The fourth-order valence-electron chi connectivity index (χ4n) is 8.09. The van der Waals surface area contributed by atoms with Crippen LogP contribution in [-0.2, 0) is 61.6 Å². The second-order valence-corrected chi connectivity index (χ2v) is 17.1. The number of aldehydes is 1. The molecule has 0 aromatic heterocycles. The molecule has 6 heterocycles. The number of aliphatic hydroxyl groups excluding tert-OH is 18. The third-order valence-corrected chi connectivity index (χ3v) is 12.4. The molecule has 0 bridgehead atoms. The van der Waals surface area contributed by atoms with Crippen LogP contribution < -0.4 is 0 Å². The van der Waals surface area contributed by atoms with Crippen LogP contribution in [0.4, 0.5) is 0 Å². The van der Waals surface area contributed by atoms with Gasteiger partial charge in [0.25, 0.3) is 0 Å². The van der Waals surface area contributed by atoms with Gasteiger partial charge in [0, 0.05) is 7.11 Å². The summed E-state index contributed by atoms with van der Waals surface area (Å²) in [6.45, 7) is -3.67. The van der Waals surface area contributed by atoms with Crippen LogP contribution in [0.5, 0.6) is 0 Å². The molecule has 15 unspecified atom stereocenters. The fraction of sp³-hybridized carbons (Fsp3) is 0.973. The molecule has 6 rings (SSSR count). The molecule has 0 amide bonds. The molecule has 6 saturated heterocycles. The molecule has 6 aliphatic heterocycles. The number of rotatable bonds is 17.